The largest absolute Gasteiger partial charge is 0.378 e. The van der Waals surface area contributed by atoms with Crippen molar-refractivity contribution in [1.82, 2.24) is 15.1 Å². The summed E-state index contributed by atoms with van der Waals surface area (Å²) in [5.74, 6) is -0.326. The normalized spacial score (nSPS) is 15.7. The van der Waals surface area contributed by atoms with E-state index in [1.54, 1.807) is 4.90 Å². The van der Waals surface area contributed by atoms with Crippen molar-refractivity contribution in [2.75, 3.05) is 45.9 Å². The van der Waals surface area contributed by atoms with Gasteiger partial charge in [0, 0.05) is 32.7 Å². The van der Waals surface area contributed by atoms with Crippen molar-refractivity contribution in [3.8, 4) is 0 Å². The van der Waals surface area contributed by atoms with Gasteiger partial charge < -0.3 is 19.9 Å². The Hall–Kier alpha value is -2.08. The molecule has 6 heteroatoms. The van der Waals surface area contributed by atoms with E-state index < -0.39 is 0 Å². The molecule has 1 N–H and O–H groups in total. The van der Waals surface area contributed by atoms with Crippen LogP contribution in [0.1, 0.15) is 25.3 Å². The Kier molecular flexibility index (Phi) is 7.06. The van der Waals surface area contributed by atoms with Crippen LogP contribution in [-0.2, 0) is 9.53 Å². The molecular formula is C18H27N3O3. The van der Waals surface area contributed by atoms with E-state index in [9.17, 15) is 9.59 Å². The molecule has 6 nitrogen and oxygen atoms in total. The summed E-state index contributed by atoms with van der Waals surface area (Å²) in [4.78, 5) is 28.7. The lowest BCUT2D eigenvalue weighted by Crippen LogP contribution is -2.47. The van der Waals surface area contributed by atoms with E-state index in [1.807, 2.05) is 49.1 Å². The first kappa shape index (κ1) is 18.3. The van der Waals surface area contributed by atoms with Crippen LogP contribution in [0.4, 0.5) is 4.79 Å². The molecule has 0 unspecified atom stereocenters. The first-order valence-corrected chi connectivity index (χ1v) is 8.61. The second-order valence-corrected chi connectivity index (χ2v) is 5.76. The first-order valence-electron chi connectivity index (χ1n) is 8.61. The second-order valence-electron chi connectivity index (χ2n) is 5.76. The smallest absolute Gasteiger partial charge is 0.317 e. The monoisotopic (exact) mass is 333 g/mol. The van der Waals surface area contributed by atoms with E-state index in [1.165, 1.54) is 0 Å². The minimum atomic E-state index is -0.371. The molecule has 0 radical (unpaired) electrons. The van der Waals surface area contributed by atoms with Crippen molar-refractivity contribution >= 4 is 11.9 Å². The molecule has 1 aliphatic rings. The van der Waals surface area contributed by atoms with E-state index in [0.29, 0.717) is 45.9 Å². The number of carbonyl (C=O) groups is 2. The van der Waals surface area contributed by atoms with E-state index in [-0.39, 0.29) is 17.9 Å². The molecule has 24 heavy (non-hydrogen) atoms. The molecule has 0 bridgehead atoms. The Bertz CT molecular complexity index is 526. The van der Waals surface area contributed by atoms with E-state index in [2.05, 4.69) is 5.32 Å². The van der Waals surface area contributed by atoms with Crippen LogP contribution >= 0.6 is 0 Å². The van der Waals surface area contributed by atoms with E-state index in [0.717, 1.165) is 5.56 Å². The zero-order valence-electron chi connectivity index (χ0n) is 14.5. The molecule has 1 saturated heterocycles. The van der Waals surface area contributed by atoms with Gasteiger partial charge in [0.1, 0.15) is 0 Å². The molecule has 3 amide bonds. The molecule has 1 heterocycles. The molecule has 132 valence electrons. The molecule has 1 aliphatic heterocycles. The summed E-state index contributed by atoms with van der Waals surface area (Å²) in [5, 5.41) is 2.91. The maximum atomic E-state index is 12.9. The van der Waals surface area contributed by atoms with Crippen molar-refractivity contribution < 1.29 is 14.3 Å². The number of urea groups is 1. The van der Waals surface area contributed by atoms with Crippen LogP contribution in [-0.4, -0.2) is 67.7 Å². The molecule has 1 aromatic rings. The van der Waals surface area contributed by atoms with Crippen LogP contribution < -0.4 is 5.32 Å². The number of rotatable bonds is 6. The Balaban J connectivity index is 2.08. The third kappa shape index (κ3) is 4.71. The minimum Gasteiger partial charge on any atom is -0.378 e. The molecule has 1 aromatic carbocycles. The number of carbonyl (C=O) groups excluding carboxylic acids is 2. The predicted molar refractivity (Wildman–Crippen MR) is 92.9 cm³/mol. The third-order valence-electron chi connectivity index (χ3n) is 4.33. The number of hydrogen-bond donors (Lipinski definition) is 1. The number of ether oxygens (including phenoxy) is 1. The van der Waals surface area contributed by atoms with Crippen LogP contribution in [0.15, 0.2) is 30.3 Å². The predicted octanol–water partition coefficient (Wildman–Crippen LogP) is 1.68. The summed E-state index contributed by atoms with van der Waals surface area (Å²) < 4.78 is 5.32. The SMILES string of the molecule is CCN(CC)C(=O)NC[C@@H](C(=O)N1CCOCC1)c1ccccc1. The van der Waals surface area contributed by atoms with Crippen LogP contribution in [0.2, 0.25) is 0 Å². The molecule has 2 rings (SSSR count). The van der Waals surface area contributed by atoms with Gasteiger partial charge in [0.15, 0.2) is 0 Å². The molecule has 0 spiro atoms. The van der Waals surface area contributed by atoms with E-state index >= 15 is 0 Å². The van der Waals surface area contributed by atoms with Gasteiger partial charge in [-0.2, -0.15) is 0 Å². The van der Waals surface area contributed by atoms with Crippen molar-refractivity contribution in [2.45, 2.75) is 19.8 Å². The van der Waals surface area contributed by atoms with Gasteiger partial charge in [0.25, 0.3) is 0 Å². The summed E-state index contributed by atoms with van der Waals surface area (Å²) in [6, 6.07) is 9.51. The number of benzene rings is 1. The Morgan fingerprint density at radius 1 is 1.17 bits per heavy atom. The fourth-order valence-corrected chi connectivity index (χ4v) is 2.85. The first-order chi connectivity index (χ1) is 11.7. The third-order valence-corrected chi connectivity index (χ3v) is 4.33. The number of hydrogen-bond acceptors (Lipinski definition) is 3. The summed E-state index contributed by atoms with van der Waals surface area (Å²) in [7, 11) is 0. The van der Waals surface area contributed by atoms with Gasteiger partial charge in [-0.15, -0.1) is 0 Å². The zero-order valence-corrected chi connectivity index (χ0v) is 14.5. The van der Waals surface area contributed by atoms with E-state index in [4.69, 9.17) is 4.74 Å². The quantitative estimate of drug-likeness (QED) is 0.861. The highest BCUT2D eigenvalue weighted by molar-refractivity contribution is 5.85. The van der Waals surface area contributed by atoms with Crippen LogP contribution in [0.5, 0.6) is 0 Å². The van der Waals surface area contributed by atoms with Crippen molar-refractivity contribution in [3.05, 3.63) is 35.9 Å². The number of amides is 3. The van der Waals surface area contributed by atoms with Crippen LogP contribution in [0, 0.1) is 0 Å². The summed E-state index contributed by atoms with van der Waals surface area (Å²) >= 11 is 0. The Labute approximate surface area is 143 Å². The molecular weight excluding hydrogens is 306 g/mol. The lowest BCUT2D eigenvalue weighted by molar-refractivity contribution is -0.136. The van der Waals surface area contributed by atoms with Gasteiger partial charge in [-0.3, -0.25) is 4.79 Å². The standard InChI is InChI=1S/C18H27N3O3/c1-3-20(4-2)18(23)19-14-16(15-8-6-5-7-9-15)17(22)21-10-12-24-13-11-21/h5-9,16H,3-4,10-14H2,1-2H3,(H,19,23)/t16-/m1/s1. The zero-order chi connectivity index (χ0) is 17.4. The summed E-state index contributed by atoms with van der Waals surface area (Å²) in [5.41, 5.74) is 0.925. The number of nitrogens with one attached hydrogen (secondary N) is 1. The van der Waals surface area contributed by atoms with Gasteiger partial charge in [0.2, 0.25) is 5.91 Å². The topological polar surface area (TPSA) is 61.9 Å². The molecule has 1 atom stereocenters. The summed E-state index contributed by atoms with van der Waals surface area (Å²) in [6.07, 6.45) is 0. The lowest BCUT2D eigenvalue weighted by Gasteiger charge is -2.31. The Morgan fingerprint density at radius 2 is 1.79 bits per heavy atom. The number of morpholine rings is 1. The summed E-state index contributed by atoms with van der Waals surface area (Å²) in [6.45, 7) is 7.82. The maximum Gasteiger partial charge on any atom is 0.317 e. The number of nitrogens with zero attached hydrogens (tertiary/aromatic N) is 2. The van der Waals surface area contributed by atoms with Gasteiger partial charge in [-0.05, 0) is 19.4 Å². The van der Waals surface area contributed by atoms with Crippen molar-refractivity contribution in [3.63, 3.8) is 0 Å². The molecule has 0 saturated carbocycles. The highest BCUT2D eigenvalue weighted by Crippen LogP contribution is 2.19. The van der Waals surface area contributed by atoms with Gasteiger partial charge in [0.05, 0.1) is 19.1 Å². The van der Waals surface area contributed by atoms with Crippen LogP contribution in [0.3, 0.4) is 0 Å². The minimum absolute atomic E-state index is 0.0457. The average molecular weight is 333 g/mol. The highest BCUT2D eigenvalue weighted by atomic mass is 16.5. The fourth-order valence-electron chi connectivity index (χ4n) is 2.85. The van der Waals surface area contributed by atoms with Crippen LogP contribution in [0.25, 0.3) is 0 Å². The van der Waals surface area contributed by atoms with Gasteiger partial charge >= 0.3 is 6.03 Å². The Morgan fingerprint density at radius 3 is 2.38 bits per heavy atom. The second kappa shape index (κ2) is 9.27. The average Bonchev–Trinajstić information content (AvgIpc) is 2.64. The molecule has 0 aliphatic carbocycles. The van der Waals surface area contributed by atoms with Crippen molar-refractivity contribution in [1.29, 1.82) is 0 Å². The van der Waals surface area contributed by atoms with Crippen molar-refractivity contribution in [2.24, 2.45) is 0 Å². The molecule has 0 aromatic heterocycles. The fraction of sp³-hybridized carbons (Fsp3) is 0.556. The highest BCUT2D eigenvalue weighted by Gasteiger charge is 2.27. The van der Waals surface area contributed by atoms with Gasteiger partial charge in [-0.25, -0.2) is 4.79 Å². The maximum absolute atomic E-state index is 12.9. The lowest BCUT2D eigenvalue weighted by atomic mass is 9.97. The van der Waals surface area contributed by atoms with Gasteiger partial charge in [-0.1, -0.05) is 30.3 Å². The molecule has 1 fully saturated rings.